The van der Waals surface area contributed by atoms with Gasteiger partial charge in [0.15, 0.2) is 5.82 Å². The molecule has 3 rings (SSSR count). The number of aromatic nitrogens is 3. The van der Waals surface area contributed by atoms with Gasteiger partial charge in [-0.05, 0) is 18.9 Å². The van der Waals surface area contributed by atoms with E-state index in [0.717, 1.165) is 5.56 Å². The summed E-state index contributed by atoms with van der Waals surface area (Å²) in [5, 5.41) is 4.56. The van der Waals surface area contributed by atoms with Crippen LogP contribution in [-0.2, 0) is 20.9 Å². The molecule has 1 aliphatic rings. The van der Waals surface area contributed by atoms with E-state index in [-0.39, 0.29) is 23.7 Å². The van der Waals surface area contributed by atoms with E-state index in [9.17, 15) is 9.59 Å². The maximum atomic E-state index is 12.7. The van der Waals surface area contributed by atoms with Crippen LogP contribution in [0.2, 0.25) is 0 Å². The van der Waals surface area contributed by atoms with Gasteiger partial charge in [-0.3, -0.25) is 9.59 Å². The summed E-state index contributed by atoms with van der Waals surface area (Å²) in [6.07, 6.45) is 2.60. The van der Waals surface area contributed by atoms with E-state index < -0.39 is 0 Å². The van der Waals surface area contributed by atoms with Gasteiger partial charge in [0.05, 0.1) is 19.8 Å². The molecule has 1 fully saturated rings. The van der Waals surface area contributed by atoms with Gasteiger partial charge in [0.25, 0.3) is 0 Å². The molecule has 1 aromatic carbocycles. The first kappa shape index (κ1) is 19.2. The SMILES string of the molecule is CC(=O)C(C)CCC(=O)N1CCOCC1c1ncn(Cc2ccccc2)n1. The van der Waals surface area contributed by atoms with Crippen molar-refractivity contribution in [3.8, 4) is 0 Å². The highest BCUT2D eigenvalue weighted by Crippen LogP contribution is 2.23. The fourth-order valence-corrected chi connectivity index (χ4v) is 3.11. The van der Waals surface area contributed by atoms with Crippen molar-refractivity contribution in [2.45, 2.75) is 39.3 Å². The fourth-order valence-electron chi connectivity index (χ4n) is 3.11. The van der Waals surface area contributed by atoms with E-state index >= 15 is 0 Å². The second-order valence-electron chi connectivity index (χ2n) is 7.01. The zero-order valence-corrected chi connectivity index (χ0v) is 15.9. The number of ketones is 1. The summed E-state index contributed by atoms with van der Waals surface area (Å²) in [5.41, 5.74) is 1.14. The van der Waals surface area contributed by atoms with Crippen LogP contribution in [0.25, 0.3) is 0 Å². The number of hydrogen-bond acceptors (Lipinski definition) is 5. The number of Topliss-reactive ketones (excluding diaryl/α,β-unsaturated/α-hetero) is 1. The van der Waals surface area contributed by atoms with Crippen molar-refractivity contribution >= 4 is 11.7 Å². The number of rotatable bonds is 7. The van der Waals surface area contributed by atoms with Crippen LogP contribution in [0.1, 0.15) is 44.1 Å². The zero-order chi connectivity index (χ0) is 19.2. The van der Waals surface area contributed by atoms with Crippen molar-refractivity contribution in [1.29, 1.82) is 0 Å². The van der Waals surface area contributed by atoms with Crippen LogP contribution in [0.5, 0.6) is 0 Å². The minimum absolute atomic E-state index is 0.0239. The van der Waals surface area contributed by atoms with Crippen LogP contribution in [0.15, 0.2) is 36.7 Å². The van der Waals surface area contributed by atoms with E-state index in [4.69, 9.17) is 4.74 Å². The van der Waals surface area contributed by atoms with Gasteiger partial charge in [-0.2, -0.15) is 5.10 Å². The number of ether oxygens (including phenoxy) is 1. The largest absolute Gasteiger partial charge is 0.377 e. The maximum Gasteiger partial charge on any atom is 0.223 e. The first-order chi connectivity index (χ1) is 13.0. The summed E-state index contributed by atoms with van der Waals surface area (Å²) in [5.74, 6) is 0.633. The van der Waals surface area contributed by atoms with Gasteiger partial charge in [-0.15, -0.1) is 0 Å². The number of morpholine rings is 1. The van der Waals surface area contributed by atoms with Crippen molar-refractivity contribution < 1.29 is 14.3 Å². The van der Waals surface area contributed by atoms with Crippen molar-refractivity contribution in [2.24, 2.45) is 5.92 Å². The van der Waals surface area contributed by atoms with E-state index in [1.54, 1.807) is 22.8 Å². The monoisotopic (exact) mass is 370 g/mol. The number of benzene rings is 1. The fraction of sp³-hybridized carbons (Fsp3) is 0.500. The lowest BCUT2D eigenvalue weighted by Crippen LogP contribution is -2.44. The molecule has 2 aromatic rings. The highest BCUT2D eigenvalue weighted by atomic mass is 16.5. The Morgan fingerprint density at radius 1 is 1.30 bits per heavy atom. The summed E-state index contributed by atoms with van der Waals surface area (Å²) in [7, 11) is 0. The van der Waals surface area contributed by atoms with Crippen LogP contribution < -0.4 is 0 Å². The van der Waals surface area contributed by atoms with Crippen molar-refractivity contribution in [3.05, 3.63) is 48.0 Å². The third-order valence-electron chi connectivity index (χ3n) is 4.97. The average Bonchev–Trinajstić information content (AvgIpc) is 3.14. The predicted molar refractivity (Wildman–Crippen MR) is 99.9 cm³/mol. The molecule has 7 heteroatoms. The molecule has 0 saturated carbocycles. The average molecular weight is 370 g/mol. The quantitative estimate of drug-likeness (QED) is 0.747. The first-order valence-corrected chi connectivity index (χ1v) is 9.35. The predicted octanol–water partition coefficient (Wildman–Crippen LogP) is 2.23. The molecular weight excluding hydrogens is 344 g/mol. The van der Waals surface area contributed by atoms with Gasteiger partial charge in [-0.25, -0.2) is 9.67 Å². The van der Waals surface area contributed by atoms with Gasteiger partial charge in [0.1, 0.15) is 18.2 Å². The van der Waals surface area contributed by atoms with Crippen LogP contribution in [0, 0.1) is 5.92 Å². The van der Waals surface area contributed by atoms with Crippen LogP contribution in [0.3, 0.4) is 0 Å². The first-order valence-electron chi connectivity index (χ1n) is 9.35. The summed E-state index contributed by atoms with van der Waals surface area (Å²) >= 11 is 0. The number of nitrogens with zero attached hydrogens (tertiary/aromatic N) is 4. The second kappa shape index (κ2) is 8.90. The molecule has 0 spiro atoms. The molecule has 1 aliphatic heterocycles. The smallest absolute Gasteiger partial charge is 0.223 e. The molecule has 0 bridgehead atoms. The molecule has 0 aliphatic carbocycles. The Balaban J connectivity index is 1.66. The minimum Gasteiger partial charge on any atom is -0.377 e. The maximum absolute atomic E-state index is 12.7. The Kier molecular flexibility index (Phi) is 6.34. The Labute approximate surface area is 159 Å². The highest BCUT2D eigenvalue weighted by molar-refractivity contribution is 5.80. The molecule has 0 N–H and O–H groups in total. The van der Waals surface area contributed by atoms with Gasteiger partial charge in [0.2, 0.25) is 5.91 Å². The van der Waals surface area contributed by atoms with Crippen LogP contribution in [0.4, 0.5) is 0 Å². The van der Waals surface area contributed by atoms with Crippen LogP contribution >= 0.6 is 0 Å². The summed E-state index contributed by atoms with van der Waals surface area (Å²) in [6, 6.07) is 9.76. The molecule has 7 nitrogen and oxygen atoms in total. The van der Waals surface area contributed by atoms with Gasteiger partial charge in [0, 0.05) is 18.9 Å². The molecular formula is C20H26N4O3. The number of carbonyl (C=O) groups excluding carboxylic acids is 2. The molecule has 1 aromatic heterocycles. The van der Waals surface area contributed by atoms with Gasteiger partial charge in [-0.1, -0.05) is 37.3 Å². The van der Waals surface area contributed by atoms with Crippen molar-refractivity contribution in [1.82, 2.24) is 19.7 Å². The topological polar surface area (TPSA) is 77.3 Å². The summed E-state index contributed by atoms with van der Waals surface area (Å²) < 4.78 is 7.35. The summed E-state index contributed by atoms with van der Waals surface area (Å²) in [6.45, 7) is 5.48. The number of carbonyl (C=O) groups is 2. The zero-order valence-electron chi connectivity index (χ0n) is 15.9. The van der Waals surface area contributed by atoms with Gasteiger partial charge < -0.3 is 9.64 Å². The van der Waals surface area contributed by atoms with Crippen molar-refractivity contribution in [3.63, 3.8) is 0 Å². The Bertz CT molecular complexity index is 775. The van der Waals surface area contributed by atoms with Crippen molar-refractivity contribution in [2.75, 3.05) is 19.8 Å². The van der Waals surface area contributed by atoms with E-state index in [1.165, 1.54) is 0 Å². The molecule has 2 heterocycles. The van der Waals surface area contributed by atoms with E-state index in [1.807, 2.05) is 37.3 Å². The lowest BCUT2D eigenvalue weighted by atomic mass is 10.0. The van der Waals surface area contributed by atoms with E-state index in [0.29, 0.717) is 45.0 Å². The number of amides is 1. The Morgan fingerprint density at radius 3 is 2.81 bits per heavy atom. The molecule has 1 saturated heterocycles. The van der Waals surface area contributed by atoms with Gasteiger partial charge >= 0.3 is 0 Å². The Morgan fingerprint density at radius 2 is 2.07 bits per heavy atom. The Hall–Kier alpha value is -2.54. The standard InChI is InChI=1S/C20H26N4O3/c1-15(16(2)25)8-9-19(26)24-10-11-27-13-18(24)20-21-14-23(22-20)12-17-6-4-3-5-7-17/h3-7,14-15,18H,8-13H2,1-2H3. The third kappa shape index (κ3) is 5.01. The lowest BCUT2D eigenvalue weighted by molar-refractivity contribution is -0.141. The minimum atomic E-state index is -0.282. The lowest BCUT2D eigenvalue weighted by Gasteiger charge is -2.34. The van der Waals surface area contributed by atoms with E-state index in [2.05, 4.69) is 10.1 Å². The molecule has 2 atom stereocenters. The molecule has 1 amide bonds. The molecule has 0 radical (unpaired) electrons. The van der Waals surface area contributed by atoms with Crippen LogP contribution in [-0.4, -0.2) is 51.1 Å². The molecule has 2 unspecified atom stereocenters. The normalized spacial score (nSPS) is 18.3. The highest BCUT2D eigenvalue weighted by Gasteiger charge is 2.31. The summed E-state index contributed by atoms with van der Waals surface area (Å²) in [4.78, 5) is 30.3. The molecule has 27 heavy (non-hydrogen) atoms. The number of hydrogen-bond donors (Lipinski definition) is 0. The second-order valence-corrected chi connectivity index (χ2v) is 7.01. The molecule has 144 valence electrons. The third-order valence-corrected chi connectivity index (χ3v) is 4.97.